The number of carbonyl (C=O) groups is 2. The highest BCUT2D eigenvalue weighted by Gasteiger charge is 2.33. The summed E-state index contributed by atoms with van der Waals surface area (Å²) < 4.78 is 0. The van der Waals surface area contributed by atoms with Crippen LogP contribution in [0.1, 0.15) is 51.4 Å². The van der Waals surface area contributed by atoms with Crippen molar-refractivity contribution in [3.63, 3.8) is 0 Å². The summed E-state index contributed by atoms with van der Waals surface area (Å²) in [6.45, 7) is 0.618. The molecule has 0 N–H and O–H groups in total. The average Bonchev–Trinajstić information content (AvgIpc) is 3.10. The first-order chi connectivity index (χ1) is 9.24. The molecule has 1 aliphatic heterocycles. The first-order valence-corrected chi connectivity index (χ1v) is 7.77. The molecule has 2 fully saturated rings. The molecule has 2 amide bonds. The minimum absolute atomic E-state index is 0.129. The van der Waals surface area contributed by atoms with Gasteiger partial charge in [0.05, 0.1) is 0 Å². The SMILES string of the molecule is O=C1C=CC(=O)N1CCC1CCC(C2CCCC2)C1. The molecule has 0 bridgehead atoms. The van der Waals surface area contributed by atoms with E-state index in [1.165, 1.54) is 62.0 Å². The molecule has 0 aromatic heterocycles. The lowest BCUT2D eigenvalue weighted by molar-refractivity contribution is -0.136. The Bertz CT molecular complexity index is 378. The second-order valence-corrected chi connectivity index (χ2v) is 6.43. The predicted octanol–water partition coefficient (Wildman–Crippen LogP) is 2.91. The molecule has 0 aromatic carbocycles. The molecule has 19 heavy (non-hydrogen) atoms. The second-order valence-electron chi connectivity index (χ2n) is 6.43. The summed E-state index contributed by atoms with van der Waals surface area (Å²) in [4.78, 5) is 24.4. The minimum Gasteiger partial charge on any atom is -0.275 e. The summed E-state index contributed by atoms with van der Waals surface area (Å²) in [7, 11) is 0. The van der Waals surface area contributed by atoms with Crippen LogP contribution in [0.2, 0.25) is 0 Å². The third-order valence-corrected chi connectivity index (χ3v) is 5.31. The van der Waals surface area contributed by atoms with Gasteiger partial charge in [0.2, 0.25) is 0 Å². The third kappa shape index (κ3) is 2.75. The molecule has 3 heteroatoms. The Morgan fingerprint density at radius 2 is 1.63 bits per heavy atom. The van der Waals surface area contributed by atoms with Gasteiger partial charge in [0.1, 0.15) is 0 Å². The van der Waals surface area contributed by atoms with Crippen LogP contribution in [0.25, 0.3) is 0 Å². The van der Waals surface area contributed by atoms with Crippen LogP contribution in [0.3, 0.4) is 0 Å². The van der Waals surface area contributed by atoms with Gasteiger partial charge in [-0.05, 0) is 37.0 Å². The molecule has 0 spiro atoms. The quantitative estimate of drug-likeness (QED) is 0.730. The van der Waals surface area contributed by atoms with Crippen molar-refractivity contribution in [3.05, 3.63) is 12.2 Å². The molecule has 3 rings (SSSR count). The maximum absolute atomic E-state index is 11.5. The molecule has 3 nitrogen and oxygen atoms in total. The molecule has 2 saturated carbocycles. The van der Waals surface area contributed by atoms with Crippen LogP contribution in [-0.2, 0) is 9.59 Å². The Morgan fingerprint density at radius 3 is 2.32 bits per heavy atom. The van der Waals surface area contributed by atoms with Crippen LogP contribution >= 0.6 is 0 Å². The van der Waals surface area contributed by atoms with Gasteiger partial charge >= 0.3 is 0 Å². The zero-order valence-electron chi connectivity index (χ0n) is 11.5. The number of nitrogens with zero attached hydrogens (tertiary/aromatic N) is 1. The highest BCUT2D eigenvalue weighted by Crippen LogP contribution is 2.43. The Hall–Kier alpha value is -1.12. The molecule has 104 valence electrons. The van der Waals surface area contributed by atoms with Gasteiger partial charge in [-0.15, -0.1) is 0 Å². The van der Waals surface area contributed by atoms with Gasteiger partial charge in [0.25, 0.3) is 11.8 Å². The van der Waals surface area contributed by atoms with E-state index in [9.17, 15) is 9.59 Å². The van der Waals surface area contributed by atoms with E-state index in [2.05, 4.69) is 0 Å². The van der Waals surface area contributed by atoms with E-state index in [0.717, 1.165) is 24.2 Å². The van der Waals surface area contributed by atoms with Crippen molar-refractivity contribution in [1.82, 2.24) is 4.90 Å². The van der Waals surface area contributed by atoms with Crippen LogP contribution in [0.4, 0.5) is 0 Å². The lowest BCUT2D eigenvalue weighted by Gasteiger charge is -2.19. The lowest BCUT2D eigenvalue weighted by atomic mass is 9.88. The van der Waals surface area contributed by atoms with Crippen LogP contribution in [0.15, 0.2) is 12.2 Å². The first-order valence-electron chi connectivity index (χ1n) is 7.77. The van der Waals surface area contributed by atoms with Crippen LogP contribution in [-0.4, -0.2) is 23.3 Å². The number of imide groups is 1. The standard InChI is InChI=1S/C16H23NO2/c18-15-7-8-16(19)17(15)10-9-12-5-6-14(11-12)13-3-1-2-4-13/h7-8,12-14H,1-6,9-11H2. The molecule has 1 heterocycles. The van der Waals surface area contributed by atoms with E-state index in [-0.39, 0.29) is 11.8 Å². The van der Waals surface area contributed by atoms with Gasteiger partial charge in [0.15, 0.2) is 0 Å². The van der Waals surface area contributed by atoms with E-state index in [1.54, 1.807) is 0 Å². The van der Waals surface area contributed by atoms with E-state index in [1.807, 2.05) is 0 Å². The third-order valence-electron chi connectivity index (χ3n) is 5.31. The minimum atomic E-state index is -0.129. The Balaban J connectivity index is 1.44. The predicted molar refractivity (Wildman–Crippen MR) is 73.3 cm³/mol. The highest BCUT2D eigenvalue weighted by molar-refractivity contribution is 6.12. The Morgan fingerprint density at radius 1 is 0.947 bits per heavy atom. The summed E-state index contributed by atoms with van der Waals surface area (Å²) in [5, 5.41) is 0. The van der Waals surface area contributed by atoms with E-state index in [4.69, 9.17) is 0 Å². The number of carbonyl (C=O) groups excluding carboxylic acids is 2. The highest BCUT2D eigenvalue weighted by atomic mass is 16.2. The molecule has 2 unspecified atom stereocenters. The number of amides is 2. The topological polar surface area (TPSA) is 37.4 Å². The van der Waals surface area contributed by atoms with Crippen molar-refractivity contribution in [2.24, 2.45) is 17.8 Å². The normalized spacial score (nSPS) is 31.9. The van der Waals surface area contributed by atoms with E-state index < -0.39 is 0 Å². The largest absolute Gasteiger partial charge is 0.275 e. The summed E-state index contributed by atoms with van der Waals surface area (Å²) in [5.41, 5.74) is 0. The Kier molecular flexibility index (Phi) is 3.72. The van der Waals surface area contributed by atoms with Crippen molar-refractivity contribution in [2.75, 3.05) is 6.54 Å². The van der Waals surface area contributed by atoms with Crippen molar-refractivity contribution in [2.45, 2.75) is 51.4 Å². The summed E-state index contributed by atoms with van der Waals surface area (Å²) >= 11 is 0. The number of hydrogen-bond donors (Lipinski definition) is 0. The maximum atomic E-state index is 11.5. The van der Waals surface area contributed by atoms with Gasteiger partial charge in [0, 0.05) is 18.7 Å². The molecular formula is C16H23NO2. The molecule has 0 aromatic rings. The first kappa shape index (κ1) is 12.9. The van der Waals surface area contributed by atoms with Crippen molar-refractivity contribution < 1.29 is 9.59 Å². The zero-order chi connectivity index (χ0) is 13.2. The second kappa shape index (κ2) is 5.48. The number of rotatable bonds is 4. The monoisotopic (exact) mass is 261 g/mol. The molecule has 0 radical (unpaired) electrons. The fourth-order valence-electron chi connectivity index (χ4n) is 4.20. The maximum Gasteiger partial charge on any atom is 0.253 e. The van der Waals surface area contributed by atoms with Gasteiger partial charge in [-0.3, -0.25) is 14.5 Å². The molecule has 2 atom stereocenters. The molecule has 3 aliphatic rings. The fraction of sp³-hybridized carbons (Fsp3) is 0.750. The van der Waals surface area contributed by atoms with Crippen molar-refractivity contribution in [1.29, 1.82) is 0 Å². The van der Waals surface area contributed by atoms with Crippen LogP contribution in [0.5, 0.6) is 0 Å². The van der Waals surface area contributed by atoms with Gasteiger partial charge in [-0.1, -0.05) is 32.1 Å². The summed E-state index contributed by atoms with van der Waals surface area (Å²) in [5.74, 6) is 2.37. The van der Waals surface area contributed by atoms with Gasteiger partial charge in [-0.2, -0.15) is 0 Å². The van der Waals surface area contributed by atoms with Gasteiger partial charge in [-0.25, -0.2) is 0 Å². The Labute approximate surface area is 115 Å². The number of hydrogen-bond acceptors (Lipinski definition) is 2. The van der Waals surface area contributed by atoms with Crippen LogP contribution in [0, 0.1) is 17.8 Å². The van der Waals surface area contributed by atoms with Crippen molar-refractivity contribution >= 4 is 11.8 Å². The summed E-state index contributed by atoms with van der Waals surface area (Å²) in [6.07, 6.45) is 13.5. The molecular weight excluding hydrogens is 238 g/mol. The molecule has 2 aliphatic carbocycles. The smallest absolute Gasteiger partial charge is 0.253 e. The van der Waals surface area contributed by atoms with E-state index in [0.29, 0.717) is 6.54 Å². The average molecular weight is 261 g/mol. The van der Waals surface area contributed by atoms with Crippen LogP contribution < -0.4 is 0 Å². The fourth-order valence-corrected chi connectivity index (χ4v) is 4.20. The lowest BCUT2D eigenvalue weighted by Crippen LogP contribution is -2.31. The van der Waals surface area contributed by atoms with Crippen molar-refractivity contribution in [3.8, 4) is 0 Å². The van der Waals surface area contributed by atoms with E-state index >= 15 is 0 Å². The molecule has 0 saturated heterocycles. The zero-order valence-corrected chi connectivity index (χ0v) is 11.5. The van der Waals surface area contributed by atoms with Gasteiger partial charge < -0.3 is 0 Å². The summed E-state index contributed by atoms with van der Waals surface area (Å²) in [6, 6.07) is 0.